The predicted molar refractivity (Wildman–Crippen MR) is 66.2 cm³/mol. The van der Waals surface area contributed by atoms with Crippen LogP contribution in [0, 0.1) is 5.39 Å². The lowest BCUT2D eigenvalue weighted by molar-refractivity contribution is 1.47. The minimum absolute atomic E-state index is 0.586. The molecular weight excluding hydrogens is 196 g/mol. The molecule has 0 radical (unpaired) electrons. The van der Waals surface area contributed by atoms with Gasteiger partial charge in [0.15, 0.2) is 4.98 Å². The van der Waals surface area contributed by atoms with Gasteiger partial charge in [0.05, 0.1) is 0 Å². The number of rotatable bonds is 0. The number of hydrogen-bond donors (Lipinski definition) is 0. The second-order valence-electron chi connectivity index (χ2n) is 3.79. The van der Waals surface area contributed by atoms with E-state index in [4.69, 9.17) is 5.39 Å². The smallest absolute Gasteiger partial charge is 0.0616 e. The Labute approximate surface area is 92.8 Å². The van der Waals surface area contributed by atoms with Crippen LogP contribution in [-0.4, -0.2) is 0 Å². The predicted octanol–water partition coefficient (Wildman–Crippen LogP) is 4.48. The molecule has 0 saturated carbocycles. The highest BCUT2D eigenvalue weighted by molar-refractivity contribution is 6.08. The van der Waals surface area contributed by atoms with E-state index < -0.39 is 0 Å². The summed E-state index contributed by atoms with van der Waals surface area (Å²) in [5, 5.41) is 13.5. The third kappa shape index (κ3) is 1.23. The third-order valence-corrected chi connectivity index (χ3v) is 2.84. The first-order valence-corrected chi connectivity index (χ1v) is 5.15. The lowest BCUT2D eigenvalue weighted by atomic mass is 10.0. The summed E-state index contributed by atoms with van der Waals surface area (Å²) in [7, 11) is 0. The summed E-state index contributed by atoms with van der Waals surface area (Å²) in [5.41, 5.74) is 0.586. The van der Waals surface area contributed by atoms with Crippen LogP contribution in [0.1, 0.15) is 0 Å². The van der Waals surface area contributed by atoms with Crippen molar-refractivity contribution >= 4 is 27.2 Å². The fourth-order valence-electron chi connectivity index (χ4n) is 2.06. The topological polar surface area (TPSA) is 28.1 Å². The van der Waals surface area contributed by atoms with E-state index in [1.807, 2.05) is 36.4 Å². The van der Waals surface area contributed by atoms with Crippen molar-refractivity contribution in [2.45, 2.75) is 0 Å². The van der Waals surface area contributed by atoms with Gasteiger partial charge in [0.2, 0.25) is 5.39 Å². The Hall–Kier alpha value is -2.40. The van der Waals surface area contributed by atoms with Crippen molar-refractivity contribution in [3.63, 3.8) is 0 Å². The molecule has 0 spiro atoms. The molecule has 0 aromatic heterocycles. The molecule has 0 heterocycles. The lowest BCUT2D eigenvalue weighted by Crippen LogP contribution is -1.76. The highest BCUT2D eigenvalue weighted by atomic mass is 14.8. The van der Waals surface area contributed by atoms with E-state index in [9.17, 15) is 0 Å². The summed E-state index contributed by atoms with van der Waals surface area (Å²) >= 11 is 0. The Balaban J connectivity index is 2.49. The minimum atomic E-state index is 0.586. The van der Waals surface area contributed by atoms with Gasteiger partial charge in [-0.2, -0.15) is 0 Å². The average molecular weight is 205 g/mol. The van der Waals surface area contributed by atoms with Crippen molar-refractivity contribution in [1.82, 2.24) is 0 Å². The maximum absolute atomic E-state index is 8.74. The van der Waals surface area contributed by atoms with Gasteiger partial charge in [0.1, 0.15) is 0 Å². The number of benzene rings is 3. The SMILES string of the molecule is N#[N+]c1ccc2c(ccc3ccccc32)c1. The highest BCUT2D eigenvalue weighted by Gasteiger charge is 2.06. The number of nitrogens with zero attached hydrogens (tertiary/aromatic N) is 2. The zero-order valence-electron chi connectivity index (χ0n) is 8.59. The third-order valence-electron chi connectivity index (χ3n) is 2.84. The molecular formula is C14H9N2+. The first-order valence-electron chi connectivity index (χ1n) is 5.15. The van der Waals surface area contributed by atoms with E-state index in [-0.39, 0.29) is 0 Å². The first-order chi connectivity index (χ1) is 7.88. The fraction of sp³-hybridized carbons (Fsp3) is 0. The molecule has 0 atom stereocenters. The summed E-state index contributed by atoms with van der Waals surface area (Å²) in [6.07, 6.45) is 0. The summed E-state index contributed by atoms with van der Waals surface area (Å²) in [5.74, 6) is 0. The van der Waals surface area contributed by atoms with E-state index in [2.05, 4.69) is 23.2 Å². The van der Waals surface area contributed by atoms with Gasteiger partial charge in [-0.1, -0.05) is 36.4 Å². The fourth-order valence-corrected chi connectivity index (χ4v) is 2.06. The molecule has 2 nitrogen and oxygen atoms in total. The molecule has 0 aliphatic carbocycles. The van der Waals surface area contributed by atoms with Gasteiger partial charge in [-0.25, -0.2) is 0 Å². The van der Waals surface area contributed by atoms with E-state index in [1.54, 1.807) is 0 Å². The van der Waals surface area contributed by atoms with Crippen molar-refractivity contribution in [3.8, 4) is 0 Å². The number of diazo groups is 1. The molecule has 0 N–H and O–H groups in total. The molecule has 0 saturated heterocycles. The monoisotopic (exact) mass is 205 g/mol. The Morgan fingerprint density at radius 1 is 0.750 bits per heavy atom. The zero-order valence-corrected chi connectivity index (χ0v) is 8.59. The van der Waals surface area contributed by atoms with Crippen LogP contribution in [0.25, 0.3) is 26.5 Å². The van der Waals surface area contributed by atoms with Crippen LogP contribution in [0.15, 0.2) is 54.6 Å². The largest absolute Gasteiger partial charge is 0.385 e. The summed E-state index contributed by atoms with van der Waals surface area (Å²) in [6.45, 7) is 0. The van der Waals surface area contributed by atoms with Gasteiger partial charge in [0, 0.05) is 12.1 Å². The van der Waals surface area contributed by atoms with Gasteiger partial charge < -0.3 is 0 Å². The molecule has 3 aromatic rings. The number of hydrogen-bond acceptors (Lipinski definition) is 1. The molecule has 0 amide bonds. The van der Waals surface area contributed by atoms with Crippen LogP contribution in [0.2, 0.25) is 0 Å². The van der Waals surface area contributed by atoms with Crippen LogP contribution in [0.3, 0.4) is 0 Å². The Morgan fingerprint density at radius 3 is 2.38 bits per heavy atom. The van der Waals surface area contributed by atoms with E-state index in [0.717, 1.165) is 5.39 Å². The van der Waals surface area contributed by atoms with E-state index in [1.165, 1.54) is 16.2 Å². The molecule has 3 aromatic carbocycles. The second kappa shape index (κ2) is 3.32. The maximum atomic E-state index is 8.74. The average Bonchev–Trinajstić information content (AvgIpc) is 2.38. The molecule has 3 rings (SSSR count). The Bertz CT molecular complexity index is 723. The van der Waals surface area contributed by atoms with Crippen molar-refractivity contribution < 1.29 is 0 Å². The highest BCUT2D eigenvalue weighted by Crippen LogP contribution is 2.28. The van der Waals surface area contributed by atoms with Crippen LogP contribution >= 0.6 is 0 Å². The van der Waals surface area contributed by atoms with Crippen molar-refractivity contribution in [1.29, 1.82) is 5.39 Å². The summed E-state index contributed by atoms with van der Waals surface area (Å²) < 4.78 is 0. The normalized spacial score (nSPS) is 10.4. The van der Waals surface area contributed by atoms with Crippen molar-refractivity contribution in [2.24, 2.45) is 0 Å². The summed E-state index contributed by atoms with van der Waals surface area (Å²) in [6, 6.07) is 18.1. The van der Waals surface area contributed by atoms with Crippen LogP contribution in [0.5, 0.6) is 0 Å². The van der Waals surface area contributed by atoms with Gasteiger partial charge in [0.25, 0.3) is 0 Å². The van der Waals surface area contributed by atoms with E-state index in [0.29, 0.717) is 5.69 Å². The lowest BCUT2D eigenvalue weighted by Gasteiger charge is -2.01. The quantitative estimate of drug-likeness (QED) is 0.393. The van der Waals surface area contributed by atoms with Gasteiger partial charge in [-0.3, -0.25) is 0 Å². The number of fused-ring (bicyclic) bond motifs is 3. The van der Waals surface area contributed by atoms with Crippen LogP contribution in [-0.2, 0) is 0 Å². The first kappa shape index (κ1) is 8.87. The molecule has 74 valence electrons. The molecule has 16 heavy (non-hydrogen) atoms. The minimum Gasteiger partial charge on any atom is -0.0616 e. The van der Waals surface area contributed by atoms with Crippen molar-refractivity contribution in [2.75, 3.05) is 0 Å². The van der Waals surface area contributed by atoms with Crippen LogP contribution < -0.4 is 0 Å². The maximum Gasteiger partial charge on any atom is 0.385 e. The Kier molecular flexibility index (Phi) is 1.84. The van der Waals surface area contributed by atoms with E-state index >= 15 is 0 Å². The molecule has 0 unspecified atom stereocenters. The molecule has 0 fully saturated rings. The standard InChI is InChI=1S/C14H9N2/c15-16-12-7-8-14-11(9-12)6-5-10-3-1-2-4-13(10)14/h1-9H/q+1. The molecule has 2 heteroatoms. The van der Waals surface area contributed by atoms with Gasteiger partial charge >= 0.3 is 5.69 Å². The van der Waals surface area contributed by atoms with Crippen molar-refractivity contribution in [3.05, 3.63) is 59.6 Å². The van der Waals surface area contributed by atoms with Gasteiger partial charge in [-0.05, 0) is 27.6 Å². The van der Waals surface area contributed by atoms with Crippen LogP contribution in [0.4, 0.5) is 5.69 Å². The Morgan fingerprint density at radius 2 is 1.50 bits per heavy atom. The van der Waals surface area contributed by atoms with Gasteiger partial charge in [-0.15, -0.1) is 0 Å². The molecule has 0 aliphatic rings. The summed E-state index contributed by atoms with van der Waals surface area (Å²) in [4.78, 5) is 3.20. The molecule has 0 aliphatic heterocycles. The molecule has 0 bridgehead atoms. The zero-order chi connectivity index (χ0) is 11.0. The second-order valence-corrected chi connectivity index (χ2v) is 3.79.